The van der Waals surface area contributed by atoms with Gasteiger partial charge in [-0.1, -0.05) is 24.3 Å². The molecule has 3 rings (SSSR count). The van der Waals surface area contributed by atoms with Crippen LogP contribution in [0.25, 0.3) is 0 Å². The van der Waals surface area contributed by atoms with Crippen molar-refractivity contribution in [1.82, 2.24) is 0 Å². The number of nitriles is 2. The lowest BCUT2D eigenvalue weighted by Gasteiger charge is -2.31. The molecule has 0 unspecified atom stereocenters. The summed E-state index contributed by atoms with van der Waals surface area (Å²) in [6, 6.07) is 11.5. The largest absolute Gasteiger partial charge is 0.462 e. The Labute approximate surface area is 190 Å². The molecule has 0 aliphatic heterocycles. The number of carbonyl (C=O) groups excluding carboxylic acids is 1. The van der Waals surface area contributed by atoms with Gasteiger partial charge >= 0.3 is 5.97 Å². The first-order chi connectivity index (χ1) is 15.6. The second kappa shape index (κ2) is 12.2. The van der Waals surface area contributed by atoms with Crippen molar-refractivity contribution in [2.75, 3.05) is 0 Å². The molecule has 0 radical (unpaired) electrons. The van der Waals surface area contributed by atoms with Crippen LogP contribution in [0.3, 0.4) is 0 Å². The van der Waals surface area contributed by atoms with E-state index >= 15 is 0 Å². The molecule has 0 saturated heterocycles. The van der Waals surface area contributed by atoms with E-state index in [-0.39, 0.29) is 18.0 Å². The zero-order chi connectivity index (χ0) is 22.8. The number of hydrogen-bond donors (Lipinski definition) is 0. The van der Waals surface area contributed by atoms with Gasteiger partial charge in [0.1, 0.15) is 12.2 Å². The number of hydrogen-bond acceptors (Lipinski definition) is 4. The number of allylic oxidation sites excluding steroid dienone is 4. The quantitative estimate of drug-likeness (QED) is 0.274. The molecule has 32 heavy (non-hydrogen) atoms. The van der Waals surface area contributed by atoms with Crippen molar-refractivity contribution >= 4 is 5.97 Å². The fraction of sp³-hybridized carbons (Fsp3) is 0.519. The summed E-state index contributed by atoms with van der Waals surface area (Å²) in [5, 5.41) is 17.3. The number of nitrogens with zero attached hydrogens (tertiary/aromatic N) is 2. The van der Waals surface area contributed by atoms with Crippen molar-refractivity contribution in [2.24, 2.45) is 11.8 Å². The second-order valence-corrected chi connectivity index (χ2v) is 8.99. The van der Waals surface area contributed by atoms with Crippen LogP contribution in [0.1, 0.15) is 81.3 Å². The Morgan fingerprint density at radius 3 is 2.34 bits per heavy atom. The number of esters is 1. The summed E-state index contributed by atoms with van der Waals surface area (Å²) in [5.74, 6) is 0.293. The molecular weight excluding hydrogens is 403 g/mol. The van der Waals surface area contributed by atoms with E-state index in [0.29, 0.717) is 17.4 Å². The third-order valence-corrected chi connectivity index (χ3v) is 6.88. The first kappa shape index (κ1) is 23.7. The third-order valence-electron chi connectivity index (χ3n) is 6.88. The summed E-state index contributed by atoms with van der Waals surface area (Å²) in [5.41, 5.74) is 1.96. The molecule has 2 aliphatic carbocycles. The van der Waals surface area contributed by atoms with Crippen LogP contribution in [0, 0.1) is 34.5 Å². The lowest BCUT2D eigenvalue weighted by molar-refractivity contribution is -0.157. The Balaban J connectivity index is 1.34. The molecule has 2 aliphatic rings. The molecular formula is C27H31FN2O2. The monoisotopic (exact) mass is 434 g/mol. The Morgan fingerprint density at radius 2 is 1.72 bits per heavy atom. The number of carbonyl (C=O) groups is 1. The smallest absolute Gasteiger partial charge is 0.309 e. The number of rotatable bonds is 7. The minimum atomic E-state index is -0.775. The van der Waals surface area contributed by atoms with Crippen molar-refractivity contribution in [3.05, 3.63) is 59.4 Å². The van der Waals surface area contributed by atoms with Gasteiger partial charge in [0.2, 0.25) is 0 Å². The molecule has 0 aromatic heterocycles. The molecule has 168 valence electrons. The first-order valence-electron chi connectivity index (χ1n) is 11.7. The SMILES string of the molecule is N#CC(F)=CC=CCC[C@H]1CC[C@H](C(=O)O[C@H]2CC[C@H](c3ccc(C#N)cc3)CC2)CC1. The van der Waals surface area contributed by atoms with Crippen LogP contribution in [0.5, 0.6) is 0 Å². The van der Waals surface area contributed by atoms with Crippen molar-refractivity contribution < 1.29 is 13.9 Å². The molecule has 1 aromatic rings. The molecule has 0 N–H and O–H groups in total. The second-order valence-electron chi connectivity index (χ2n) is 8.99. The number of benzene rings is 1. The van der Waals surface area contributed by atoms with Crippen molar-refractivity contribution in [1.29, 1.82) is 10.5 Å². The summed E-state index contributed by atoms with van der Waals surface area (Å²) in [6.45, 7) is 0. The summed E-state index contributed by atoms with van der Waals surface area (Å²) < 4.78 is 18.6. The van der Waals surface area contributed by atoms with Gasteiger partial charge in [0.15, 0.2) is 5.83 Å². The summed E-state index contributed by atoms with van der Waals surface area (Å²) >= 11 is 0. The lowest BCUT2D eigenvalue weighted by Crippen LogP contribution is -2.29. The van der Waals surface area contributed by atoms with E-state index in [1.807, 2.05) is 30.3 Å². The van der Waals surface area contributed by atoms with Crippen LogP contribution in [0.4, 0.5) is 4.39 Å². The zero-order valence-corrected chi connectivity index (χ0v) is 18.5. The average Bonchev–Trinajstić information content (AvgIpc) is 2.84. The summed E-state index contributed by atoms with van der Waals surface area (Å²) in [7, 11) is 0. The lowest BCUT2D eigenvalue weighted by atomic mass is 9.79. The first-order valence-corrected chi connectivity index (χ1v) is 11.7. The Morgan fingerprint density at radius 1 is 1.03 bits per heavy atom. The average molecular weight is 435 g/mol. The molecule has 0 atom stereocenters. The van der Waals surface area contributed by atoms with E-state index < -0.39 is 5.83 Å². The summed E-state index contributed by atoms with van der Waals surface area (Å²) in [4.78, 5) is 12.7. The van der Waals surface area contributed by atoms with Gasteiger partial charge in [-0.15, -0.1) is 0 Å². The van der Waals surface area contributed by atoms with Crippen LogP contribution < -0.4 is 0 Å². The van der Waals surface area contributed by atoms with E-state index in [9.17, 15) is 9.18 Å². The van der Waals surface area contributed by atoms with E-state index in [1.54, 1.807) is 6.08 Å². The minimum absolute atomic E-state index is 0.0192. The topological polar surface area (TPSA) is 73.9 Å². The predicted octanol–water partition coefficient (Wildman–Crippen LogP) is 6.65. The van der Waals surface area contributed by atoms with Gasteiger partial charge in [-0.3, -0.25) is 4.79 Å². The van der Waals surface area contributed by atoms with E-state index in [4.69, 9.17) is 15.3 Å². The molecule has 4 nitrogen and oxygen atoms in total. The predicted molar refractivity (Wildman–Crippen MR) is 121 cm³/mol. The van der Waals surface area contributed by atoms with Gasteiger partial charge in [-0.2, -0.15) is 14.9 Å². The van der Waals surface area contributed by atoms with Gasteiger partial charge in [0, 0.05) is 0 Å². The molecule has 0 heterocycles. The Bertz CT molecular complexity index is 891. The van der Waals surface area contributed by atoms with E-state index in [2.05, 4.69) is 6.07 Å². The molecule has 1 aromatic carbocycles. The normalized spacial score (nSPS) is 26.3. The van der Waals surface area contributed by atoms with Gasteiger partial charge in [-0.05, 0) is 99.8 Å². The van der Waals surface area contributed by atoms with Crippen LogP contribution >= 0.6 is 0 Å². The van der Waals surface area contributed by atoms with Crippen LogP contribution in [0.2, 0.25) is 0 Å². The maximum Gasteiger partial charge on any atom is 0.309 e. The van der Waals surface area contributed by atoms with Gasteiger partial charge in [0.25, 0.3) is 0 Å². The minimum Gasteiger partial charge on any atom is -0.462 e. The molecule has 0 bridgehead atoms. The highest BCUT2D eigenvalue weighted by Gasteiger charge is 2.30. The highest BCUT2D eigenvalue weighted by molar-refractivity contribution is 5.72. The standard InChI is InChI=1S/C27H31FN2O2/c28-25(19-30)5-3-1-2-4-20-6-12-24(13-7-20)27(31)32-26-16-14-23(15-17-26)22-10-8-21(18-29)9-11-22/h1,3,5,8-11,20,23-24,26H,2,4,6-7,12-17H2/t20-,23-,24-,26-. The van der Waals surface area contributed by atoms with Gasteiger partial charge in [0.05, 0.1) is 17.6 Å². The molecule has 2 saturated carbocycles. The van der Waals surface area contributed by atoms with E-state index in [0.717, 1.165) is 64.2 Å². The highest BCUT2D eigenvalue weighted by Crippen LogP contribution is 2.36. The third kappa shape index (κ3) is 7.06. The zero-order valence-electron chi connectivity index (χ0n) is 18.5. The van der Waals surface area contributed by atoms with Gasteiger partial charge in [-0.25, -0.2) is 0 Å². The van der Waals surface area contributed by atoms with Crippen molar-refractivity contribution in [2.45, 2.75) is 76.2 Å². The fourth-order valence-electron chi connectivity index (χ4n) is 4.91. The van der Waals surface area contributed by atoms with Crippen LogP contribution in [0.15, 0.2) is 48.3 Å². The van der Waals surface area contributed by atoms with Crippen molar-refractivity contribution in [3.63, 3.8) is 0 Å². The fourth-order valence-corrected chi connectivity index (χ4v) is 4.91. The van der Waals surface area contributed by atoms with Crippen LogP contribution in [-0.2, 0) is 9.53 Å². The van der Waals surface area contributed by atoms with Gasteiger partial charge < -0.3 is 4.74 Å². The van der Waals surface area contributed by atoms with Crippen LogP contribution in [-0.4, -0.2) is 12.1 Å². The number of halogens is 1. The molecule has 0 spiro atoms. The summed E-state index contributed by atoms with van der Waals surface area (Å²) in [6.07, 6.45) is 14.2. The maximum absolute atomic E-state index is 12.7. The maximum atomic E-state index is 12.7. The molecule has 0 amide bonds. The van der Waals surface area contributed by atoms with E-state index in [1.165, 1.54) is 17.7 Å². The Hall–Kier alpha value is -2.92. The Kier molecular flexibility index (Phi) is 9.05. The molecule has 5 heteroatoms. The molecule has 2 fully saturated rings. The highest BCUT2D eigenvalue weighted by atomic mass is 19.1. The number of ether oxygens (including phenoxy) is 1. The van der Waals surface area contributed by atoms with Crippen molar-refractivity contribution in [3.8, 4) is 12.1 Å².